The van der Waals surface area contributed by atoms with Crippen LogP contribution < -0.4 is 5.32 Å². The molecule has 0 aliphatic carbocycles. The number of aromatic nitrogens is 2. The SMILES string of the molecule is CC(C)N(C)C(=O)c1ccc(CNC(=O)c2ccc3nc(C(F)F)[nH]c3c2)cc1. The minimum atomic E-state index is -2.70. The highest BCUT2D eigenvalue weighted by Crippen LogP contribution is 2.20. The largest absolute Gasteiger partial charge is 0.348 e. The Morgan fingerprint density at radius 1 is 1.10 bits per heavy atom. The minimum Gasteiger partial charge on any atom is -0.348 e. The number of hydrogen-bond acceptors (Lipinski definition) is 3. The van der Waals surface area contributed by atoms with Gasteiger partial charge in [0.05, 0.1) is 11.0 Å². The van der Waals surface area contributed by atoms with Gasteiger partial charge >= 0.3 is 0 Å². The molecular formula is C21H22F2N4O2. The van der Waals surface area contributed by atoms with Gasteiger partial charge in [-0.2, -0.15) is 0 Å². The molecule has 0 atom stereocenters. The van der Waals surface area contributed by atoms with E-state index in [0.717, 1.165) is 5.56 Å². The third-order valence-corrected chi connectivity index (χ3v) is 4.72. The molecule has 2 aromatic carbocycles. The maximum absolute atomic E-state index is 12.7. The normalized spacial score (nSPS) is 11.3. The highest BCUT2D eigenvalue weighted by molar-refractivity contribution is 5.97. The fourth-order valence-corrected chi connectivity index (χ4v) is 2.76. The Hall–Kier alpha value is -3.29. The van der Waals surface area contributed by atoms with E-state index in [9.17, 15) is 18.4 Å². The Morgan fingerprint density at radius 2 is 1.76 bits per heavy atom. The predicted molar refractivity (Wildman–Crippen MR) is 106 cm³/mol. The summed E-state index contributed by atoms with van der Waals surface area (Å²) in [4.78, 5) is 32.6. The Kier molecular flexibility index (Phi) is 5.91. The van der Waals surface area contributed by atoms with Gasteiger partial charge in [0.25, 0.3) is 18.2 Å². The monoisotopic (exact) mass is 400 g/mol. The molecule has 0 aliphatic heterocycles. The van der Waals surface area contributed by atoms with Crippen molar-refractivity contribution in [2.45, 2.75) is 32.9 Å². The fraction of sp³-hybridized carbons (Fsp3) is 0.286. The highest BCUT2D eigenvalue weighted by atomic mass is 19.3. The predicted octanol–water partition coefficient (Wildman–Crippen LogP) is 3.91. The average molecular weight is 400 g/mol. The molecule has 0 saturated carbocycles. The molecule has 0 unspecified atom stereocenters. The number of fused-ring (bicyclic) bond motifs is 1. The van der Waals surface area contributed by atoms with E-state index >= 15 is 0 Å². The number of alkyl halides is 2. The second kappa shape index (κ2) is 8.38. The first-order valence-electron chi connectivity index (χ1n) is 9.18. The van der Waals surface area contributed by atoms with Crippen LogP contribution in [0.5, 0.6) is 0 Å². The maximum atomic E-state index is 12.7. The van der Waals surface area contributed by atoms with Crippen molar-refractivity contribution in [2.75, 3.05) is 7.05 Å². The van der Waals surface area contributed by atoms with E-state index < -0.39 is 12.2 Å². The van der Waals surface area contributed by atoms with Gasteiger partial charge in [0.1, 0.15) is 0 Å². The number of carbonyl (C=O) groups is 2. The summed E-state index contributed by atoms with van der Waals surface area (Å²) in [7, 11) is 1.75. The molecule has 1 heterocycles. The zero-order valence-corrected chi connectivity index (χ0v) is 16.4. The first-order valence-corrected chi connectivity index (χ1v) is 9.18. The van der Waals surface area contributed by atoms with Crippen LogP contribution in [0, 0.1) is 0 Å². The molecule has 152 valence electrons. The second-order valence-electron chi connectivity index (χ2n) is 7.04. The number of benzene rings is 2. The third-order valence-electron chi connectivity index (χ3n) is 4.72. The van der Waals surface area contributed by atoms with Crippen molar-refractivity contribution in [3.63, 3.8) is 0 Å². The zero-order chi connectivity index (χ0) is 21.1. The Morgan fingerprint density at radius 3 is 2.38 bits per heavy atom. The fourth-order valence-electron chi connectivity index (χ4n) is 2.76. The summed E-state index contributed by atoms with van der Waals surface area (Å²) < 4.78 is 25.5. The molecule has 2 amide bonds. The first kappa shape index (κ1) is 20.4. The number of hydrogen-bond donors (Lipinski definition) is 2. The molecular weight excluding hydrogens is 378 g/mol. The lowest BCUT2D eigenvalue weighted by Gasteiger charge is -2.21. The summed E-state index contributed by atoms with van der Waals surface area (Å²) in [5.41, 5.74) is 2.52. The van der Waals surface area contributed by atoms with Crippen molar-refractivity contribution < 1.29 is 18.4 Å². The van der Waals surface area contributed by atoms with Crippen LogP contribution >= 0.6 is 0 Å². The molecule has 0 bridgehead atoms. The summed E-state index contributed by atoms with van der Waals surface area (Å²) in [5.74, 6) is -0.818. The van der Waals surface area contributed by atoms with Gasteiger partial charge in [0.2, 0.25) is 0 Å². The number of rotatable bonds is 6. The van der Waals surface area contributed by atoms with Crippen LogP contribution in [0.3, 0.4) is 0 Å². The third kappa shape index (κ3) is 4.59. The topological polar surface area (TPSA) is 78.1 Å². The van der Waals surface area contributed by atoms with Gasteiger partial charge in [-0.1, -0.05) is 12.1 Å². The van der Waals surface area contributed by atoms with Crippen molar-refractivity contribution in [1.29, 1.82) is 0 Å². The van der Waals surface area contributed by atoms with E-state index in [2.05, 4.69) is 15.3 Å². The molecule has 0 spiro atoms. The summed E-state index contributed by atoms with van der Waals surface area (Å²) in [6.45, 7) is 4.16. The van der Waals surface area contributed by atoms with Crippen LogP contribution in [-0.4, -0.2) is 39.8 Å². The summed E-state index contributed by atoms with van der Waals surface area (Å²) >= 11 is 0. The number of nitrogens with zero attached hydrogens (tertiary/aromatic N) is 2. The van der Waals surface area contributed by atoms with Crippen LogP contribution in [0.15, 0.2) is 42.5 Å². The zero-order valence-electron chi connectivity index (χ0n) is 16.4. The molecule has 3 aromatic rings. The van der Waals surface area contributed by atoms with Crippen LogP contribution in [0.4, 0.5) is 8.78 Å². The Labute approximate surface area is 166 Å². The van der Waals surface area contributed by atoms with Crippen molar-refractivity contribution in [2.24, 2.45) is 0 Å². The standard InChI is InChI=1S/C21H22F2N4O2/c1-12(2)27(3)21(29)14-6-4-13(5-7-14)11-24-20(28)15-8-9-16-17(10-15)26-19(25-16)18(22)23/h4-10,12,18H,11H2,1-3H3,(H,24,28)(H,25,26). The molecule has 0 radical (unpaired) electrons. The number of amides is 2. The average Bonchev–Trinajstić information content (AvgIpc) is 3.15. The minimum absolute atomic E-state index is 0.0633. The van der Waals surface area contributed by atoms with Gasteiger partial charge in [-0.3, -0.25) is 9.59 Å². The Balaban J connectivity index is 1.64. The van der Waals surface area contributed by atoms with Gasteiger partial charge in [-0.05, 0) is 49.7 Å². The lowest BCUT2D eigenvalue weighted by Crippen LogP contribution is -2.32. The molecule has 29 heavy (non-hydrogen) atoms. The summed E-state index contributed by atoms with van der Waals surface area (Å²) in [6.07, 6.45) is -2.70. The Bertz CT molecular complexity index is 1030. The lowest BCUT2D eigenvalue weighted by atomic mass is 10.1. The van der Waals surface area contributed by atoms with Crippen LogP contribution in [-0.2, 0) is 6.54 Å². The van der Waals surface area contributed by atoms with Gasteiger partial charge < -0.3 is 15.2 Å². The quantitative estimate of drug-likeness (QED) is 0.659. The molecule has 2 N–H and O–H groups in total. The second-order valence-corrected chi connectivity index (χ2v) is 7.04. The first-order chi connectivity index (χ1) is 13.8. The van der Waals surface area contributed by atoms with Gasteiger partial charge in [-0.25, -0.2) is 13.8 Å². The number of nitrogens with one attached hydrogen (secondary N) is 2. The summed E-state index contributed by atoms with van der Waals surface area (Å²) in [5, 5.41) is 2.78. The number of carbonyl (C=O) groups excluding carboxylic acids is 2. The van der Waals surface area contributed by atoms with E-state index in [-0.39, 0.29) is 24.4 Å². The smallest absolute Gasteiger partial charge is 0.295 e. The van der Waals surface area contributed by atoms with Gasteiger partial charge in [-0.15, -0.1) is 0 Å². The number of H-pyrrole nitrogens is 1. The van der Waals surface area contributed by atoms with Crippen molar-refractivity contribution >= 4 is 22.8 Å². The summed E-state index contributed by atoms with van der Waals surface area (Å²) in [6, 6.07) is 11.7. The van der Waals surface area contributed by atoms with Gasteiger partial charge in [0.15, 0.2) is 5.82 Å². The molecule has 6 nitrogen and oxygen atoms in total. The lowest BCUT2D eigenvalue weighted by molar-refractivity contribution is 0.0754. The van der Waals surface area contributed by atoms with E-state index in [4.69, 9.17) is 0 Å². The van der Waals surface area contributed by atoms with Crippen molar-refractivity contribution in [1.82, 2.24) is 20.2 Å². The van der Waals surface area contributed by atoms with E-state index in [1.807, 2.05) is 13.8 Å². The van der Waals surface area contributed by atoms with Crippen molar-refractivity contribution in [3.05, 3.63) is 65.0 Å². The highest BCUT2D eigenvalue weighted by Gasteiger charge is 2.15. The van der Waals surface area contributed by atoms with Crippen molar-refractivity contribution in [3.8, 4) is 0 Å². The van der Waals surface area contributed by atoms with E-state index in [1.165, 1.54) is 18.2 Å². The maximum Gasteiger partial charge on any atom is 0.295 e. The number of imidazole rings is 1. The van der Waals surface area contributed by atoms with Crippen LogP contribution in [0.1, 0.15) is 52.4 Å². The van der Waals surface area contributed by atoms with Crippen LogP contribution in [0.2, 0.25) is 0 Å². The van der Waals surface area contributed by atoms with Gasteiger partial charge in [0, 0.05) is 30.8 Å². The van der Waals surface area contributed by atoms with Crippen LogP contribution in [0.25, 0.3) is 11.0 Å². The number of halogens is 2. The molecule has 8 heteroatoms. The molecule has 0 aliphatic rings. The van der Waals surface area contributed by atoms with E-state index in [1.54, 1.807) is 36.2 Å². The number of aromatic amines is 1. The molecule has 0 saturated heterocycles. The molecule has 0 fully saturated rings. The molecule has 1 aromatic heterocycles. The molecule has 3 rings (SSSR count). The van der Waals surface area contributed by atoms with E-state index in [0.29, 0.717) is 22.2 Å².